The fourth-order valence-corrected chi connectivity index (χ4v) is 3.90. The molecule has 0 radical (unpaired) electrons. The topological polar surface area (TPSA) is 64.3 Å². The average Bonchev–Trinajstić information content (AvgIpc) is 2.92. The van der Waals surface area contributed by atoms with Gasteiger partial charge in [0.15, 0.2) is 0 Å². The number of fused-ring (bicyclic) bond motifs is 1. The van der Waals surface area contributed by atoms with Crippen LogP contribution in [-0.2, 0) is 18.4 Å². The molecule has 0 N–H and O–H groups in total. The number of likely N-dealkylation sites (tertiary alicyclic amines) is 1. The highest BCUT2D eigenvalue weighted by Gasteiger charge is 2.20. The van der Waals surface area contributed by atoms with Gasteiger partial charge in [-0.2, -0.15) is 0 Å². The van der Waals surface area contributed by atoms with Gasteiger partial charge in [-0.3, -0.25) is 18.7 Å². The second-order valence-electron chi connectivity index (χ2n) is 5.75. The van der Waals surface area contributed by atoms with Gasteiger partial charge in [0, 0.05) is 25.0 Å². The fourth-order valence-electron chi connectivity index (χ4n) is 2.91. The number of amides is 1. The van der Waals surface area contributed by atoms with Gasteiger partial charge in [0.05, 0.1) is 5.39 Å². The van der Waals surface area contributed by atoms with Crippen LogP contribution in [0, 0.1) is 6.92 Å². The van der Waals surface area contributed by atoms with Crippen LogP contribution in [0.1, 0.15) is 24.1 Å². The Hall–Kier alpha value is -1.89. The van der Waals surface area contributed by atoms with Gasteiger partial charge in [-0.15, -0.1) is 11.3 Å². The molecule has 1 fully saturated rings. The lowest BCUT2D eigenvalue weighted by atomic mass is 10.1. The number of aromatic nitrogens is 2. The summed E-state index contributed by atoms with van der Waals surface area (Å²) in [7, 11) is 1.46. The molecule has 6 nitrogen and oxygen atoms in total. The highest BCUT2D eigenvalue weighted by Crippen LogP contribution is 2.21. The van der Waals surface area contributed by atoms with Crippen molar-refractivity contribution in [3.63, 3.8) is 0 Å². The zero-order chi connectivity index (χ0) is 15.9. The van der Waals surface area contributed by atoms with Gasteiger partial charge in [0.2, 0.25) is 5.91 Å². The second kappa shape index (κ2) is 5.72. The number of carbonyl (C=O) groups is 1. The zero-order valence-electron chi connectivity index (χ0n) is 12.8. The molecule has 0 aromatic carbocycles. The summed E-state index contributed by atoms with van der Waals surface area (Å²) in [5.74, 6) is -0.0483. The minimum absolute atomic E-state index is 0.00338. The van der Waals surface area contributed by atoms with Crippen molar-refractivity contribution in [3.8, 4) is 0 Å². The van der Waals surface area contributed by atoms with E-state index < -0.39 is 5.69 Å². The number of piperidine rings is 1. The Labute approximate surface area is 131 Å². The van der Waals surface area contributed by atoms with Gasteiger partial charge < -0.3 is 4.90 Å². The lowest BCUT2D eigenvalue weighted by Crippen LogP contribution is -2.43. The van der Waals surface area contributed by atoms with Gasteiger partial charge >= 0.3 is 5.69 Å². The predicted octanol–water partition coefficient (Wildman–Crippen LogP) is 1.08. The Morgan fingerprint density at radius 2 is 1.91 bits per heavy atom. The van der Waals surface area contributed by atoms with Crippen LogP contribution in [0.4, 0.5) is 0 Å². The van der Waals surface area contributed by atoms with Crippen LogP contribution in [0.15, 0.2) is 15.7 Å². The molecule has 2 aromatic rings. The van der Waals surface area contributed by atoms with Crippen molar-refractivity contribution in [2.45, 2.75) is 32.7 Å². The third-order valence-corrected chi connectivity index (χ3v) is 5.21. The maximum Gasteiger partial charge on any atom is 0.332 e. The molecule has 22 heavy (non-hydrogen) atoms. The highest BCUT2D eigenvalue weighted by atomic mass is 32.1. The van der Waals surface area contributed by atoms with E-state index in [2.05, 4.69) is 0 Å². The lowest BCUT2D eigenvalue weighted by Gasteiger charge is -2.27. The van der Waals surface area contributed by atoms with Crippen molar-refractivity contribution < 1.29 is 4.79 Å². The first-order valence-corrected chi connectivity index (χ1v) is 8.28. The van der Waals surface area contributed by atoms with E-state index in [4.69, 9.17) is 0 Å². The molecule has 118 valence electrons. The summed E-state index contributed by atoms with van der Waals surface area (Å²) in [5, 5.41) is 0.510. The summed E-state index contributed by atoms with van der Waals surface area (Å²) in [6.07, 6.45) is 3.18. The molecule has 7 heteroatoms. The minimum Gasteiger partial charge on any atom is -0.341 e. The van der Waals surface area contributed by atoms with Crippen molar-refractivity contribution in [1.82, 2.24) is 14.0 Å². The third kappa shape index (κ3) is 2.49. The zero-order valence-corrected chi connectivity index (χ0v) is 13.6. The monoisotopic (exact) mass is 321 g/mol. The molecule has 1 aliphatic rings. The van der Waals surface area contributed by atoms with Crippen LogP contribution >= 0.6 is 11.3 Å². The van der Waals surface area contributed by atoms with E-state index in [1.165, 1.54) is 23.0 Å². The summed E-state index contributed by atoms with van der Waals surface area (Å²) < 4.78 is 2.52. The summed E-state index contributed by atoms with van der Waals surface area (Å²) in [5.41, 5.74) is -0.726. The number of hydrogen-bond acceptors (Lipinski definition) is 4. The van der Waals surface area contributed by atoms with E-state index >= 15 is 0 Å². The lowest BCUT2D eigenvalue weighted by molar-refractivity contribution is -0.132. The molecule has 0 bridgehead atoms. The molecule has 0 saturated carbocycles. The molecule has 0 spiro atoms. The Balaban J connectivity index is 2.04. The molecule has 3 heterocycles. The number of nitrogens with zero attached hydrogens (tertiary/aromatic N) is 3. The summed E-state index contributed by atoms with van der Waals surface area (Å²) in [6.45, 7) is 3.41. The quantitative estimate of drug-likeness (QED) is 0.831. The van der Waals surface area contributed by atoms with Crippen LogP contribution in [0.3, 0.4) is 0 Å². The molecule has 0 aliphatic carbocycles. The molecule has 1 amide bonds. The first-order valence-electron chi connectivity index (χ1n) is 7.47. The molecular formula is C15H19N3O3S. The average molecular weight is 321 g/mol. The summed E-state index contributed by atoms with van der Waals surface area (Å²) >= 11 is 1.38. The molecule has 1 aliphatic heterocycles. The fraction of sp³-hybridized carbons (Fsp3) is 0.533. The SMILES string of the molecule is Cc1cc2c(=O)n(C)c(=O)n(CC(=O)N3CCCCC3)c2s1. The normalized spacial score (nSPS) is 15.5. The predicted molar refractivity (Wildman–Crippen MR) is 86.5 cm³/mol. The first-order chi connectivity index (χ1) is 10.5. The van der Waals surface area contributed by atoms with Gasteiger partial charge in [-0.1, -0.05) is 0 Å². The molecule has 2 aromatic heterocycles. The van der Waals surface area contributed by atoms with Crippen LogP contribution in [0.2, 0.25) is 0 Å². The third-order valence-electron chi connectivity index (χ3n) is 4.14. The van der Waals surface area contributed by atoms with E-state index in [9.17, 15) is 14.4 Å². The van der Waals surface area contributed by atoms with Gasteiger partial charge in [0.25, 0.3) is 5.56 Å². The number of aryl methyl sites for hydroxylation is 1. The molecule has 0 atom stereocenters. The van der Waals surface area contributed by atoms with Gasteiger partial charge in [-0.05, 0) is 32.3 Å². The number of hydrogen-bond donors (Lipinski definition) is 0. The van der Waals surface area contributed by atoms with Gasteiger partial charge in [0.1, 0.15) is 11.4 Å². The Morgan fingerprint density at radius 3 is 2.59 bits per heavy atom. The molecule has 1 saturated heterocycles. The Morgan fingerprint density at radius 1 is 1.23 bits per heavy atom. The molecule has 0 unspecified atom stereocenters. The van der Waals surface area contributed by atoms with Crippen molar-refractivity contribution in [1.29, 1.82) is 0 Å². The van der Waals surface area contributed by atoms with Crippen LogP contribution in [0.5, 0.6) is 0 Å². The maximum atomic E-state index is 12.4. The number of thiophene rings is 1. The molecular weight excluding hydrogens is 302 g/mol. The van der Waals surface area contributed by atoms with E-state index in [1.54, 1.807) is 6.07 Å². The highest BCUT2D eigenvalue weighted by molar-refractivity contribution is 7.18. The van der Waals surface area contributed by atoms with E-state index in [-0.39, 0.29) is 18.0 Å². The second-order valence-corrected chi connectivity index (χ2v) is 6.98. The Kier molecular flexibility index (Phi) is 3.90. The van der Waals surface area contributed by atoms with Crippen molar-refractivity contribution in [2.24, 2.45) is 7.05 Å². The smallest absolute Gasteiger partial charge is 0.332 e. The van der Waals surface area contributed by atoms with Crippen LogP contribution in [0.25, 0.3) is 10.2 Å². The Bertz CT molecular complexity index is 840. The van der Waals surface area contributed by atoms with Crippen molar-refractivity contribution >= 4 is 27.5 Å². The number of rotatable bonds is 2. The minimum atomic E-state index is -0.426. The number of carbonyl (C=O) groups excluding carboxylic acids is 1. The van der Waals surface area contributed by atoms with E-state index in [0.29, 0.717) is 10.2 Å². The largest absolute Gasteiger partial charge is 0.341 e. The van der Waals surface area contributed by atoms with E-state index in [0.717, 1.165) is 41.8 Å². The molecule has 3 rings (SSSR count). The summed E-state index contributed by atoms with van der Waals surface area (Å²) in [4.78, 5) is 40.4. The van der Waals surface area contributed by atoms with E-state index in [1.807, 2.05) is 11.8 Å². The van der Waals surface area contributed by atoms with Crippen LogP contribution < -0.4 is 11.2 Å². The maximum absolute atomic E-state index is 12.4. The first kappa shape index (κ1) is 15.0. The summed E-state index contributed by atoms with van der Waals surface area (Å²) in [6, 6.07) is 1.78. The van der Waals surface area contributed by atoms with Crippen LogP contribution in [-0.4, -0.2) is 33.0 Å². The van der Waals surface area contributed by atoms with Crippen molar-refractivity contribution in [2.75, 3.05) is 13.1 Å². The standard InChI is InChI=1S/C15H19N3O3S/c1-10-8-11-13(20)16(2)15(21)18(14(11)22-10)9-12(19)17-6-4-3-5-7-17/h8H,3-7,9H2,1-2H3. The van der Waals surface area contributed by atoms with Gasteiger partial charge in [-0.25, -0.2) is 4.79 Å². The van der Waals surface area contributed by atoms with Crippen molar-refractivity contribution in [3.05, 3.63) is 31.8 Å².